The van der Waals surface area contributed by atoms with Gasteiger partial charge in [0.2, 0.25) is 0 Å². The van der Waals surface area contributed by atoms with Crippen LogP contribution in [0.5, 0.6) is 0 Å². The molecule has 2 heterocycles. The zero-order chi connectivity index (χ0) is 38.5. The zero-order valence-corrected chi connectivity index (χ0v) is 32.7. The topological polar surface area (TPSA) is 21.1 Å². The maximum Gasteiger partial charge on any atom is 0.0571 e. The number of fused-ring (bicyclic) bond motifs is 5. The third-order valence-electron chi connectivity index (χ3n) is 11.6. The molecule has 4 heteroatoms. The standard InChI is InChI=1S/C53H40ClN3/c1-3-56(4-2)51-33-41(57-49-29-24-39(35-12-6-5-7-13-35)32-47(49)48-34-55-31-30-50(48)57)27-28-42(51)36-18-20-37(21-19-36)52-43-14-8-10-16-45(43)53(38-22-25-40(54)26-23-38)46-17-11-9-15-44(46)52/h5-34H,3-4H2,1-2H3. The van der Waals surface area contributed by atoms with Gasteiger partial charge in [-0.3, -0.25) is 4.98 Å². The molecule has 0 amide bonds. The van der Waals surface area contributed by atoms with Gasteiger partial charge < -0.3 is 9.47 Å². The quantitative estimate of drug-likeness (QED) is 0.144. The molecule has 3 nitrogen and oxygen atoms in total. The highest BCUT2D eigenvalue weighted by atomic mass is 35.5. The van der Waals surface area contributed by atoms with Crippen LogP contribution in [0.4, 0.5) is 5.69 Å². The van der Waals surface area contributed by atoms with Crippen LogP contribution in [0, 0.1) is 0 Å². The van der Waals surface area contributed by atoms with Gasteiger partial charge in [-0.1, -0.05) is 139 Å². The lowest BCUT2D eigenvalue weighted by Crippen LogP contribution is -2.22. The second kappa shape index (κ2) is 14.4. The minimum Gasteiger partial charge on any atom is -0.372 e. The summed E-state index contributed by atoms with van der Waals surface area (Å²) in [7, 11) is 0. The fourth-order valence-corrected chi connectivity index (χ4v) is 8.99. The largest absolute Gasteiger partial charge is 0.372 e. The molecule has 10 aromatic rings. The van der Waals surface area contributed by atoms with Crippen LogP contribution in [0.1, 0.15) is 13.8 Å². The van der Waals surface area contributed by atoms with Gasteiger partial charge in [0.25, 0.3) is 0 Å². The lowest BCUT2D eigenvalue weighted by Gasteiger charge is -2.26. The minimum absolute atomic E-state index is 0.741. The molecule has 0 aliphatic rings. The molecular weight excluding hydrogens is 714 g/mol. The van der Waals surface area contributed by atoms with Crippen molar-refractivity contribution in [2.45, 2.75) is 13.8 Å². The van der Waals surface area contributed by atoms with Crippen LogP contribution >= 0.6 is 11.6 Å². The summed E-state index contributed by atoms with van der Waals surface area (Å²) >= 11 is 6.33. The molecule has 0 saturated carbocycles. The molecule has 0 spiro atoms. The Balaban J connectivity index is 1.10. The van der Waals surface area contributed by atoms with Crippen LogP contribution in [0.25, 0.3) is 93.5 Å². The van der Waals surface area contributed by atoms with E-state index in [4.69, 9.17) is 11.6 Å². The third-order valence-corrected chi connectivity index (χ3v) is 11.8. The first-order chi connectivity index (χ1) is 28.1. The average Bonchev–Trinajstić information content (AvgIpc) is 3.60. The Labute approximate surface area is 338 Å². The maximum absolute atomic E-state index is 6.33. The van der Waals surface area contributed by atoms with Gasteiger partial charge in [-0.2, -0.15) is 0 Å². The summed E-state index contributed by atoms with van der Waals surface area (Å²) in [5.74, 6) is 0. The Hall–Kier alpha value is -6.68. The Kier molecular flexibility index (Phi) is 8.81. The average molecular weight is 754 g/mol. The first-order valence-corrected chi connectivity index (χ1v) is 20.1. The Bertz CT molecular complexity index is 3030. The van der Waals surface area contributed by atoms with Crippen molar-refractivity contribution in [1.29, 1.82) is 0 Å². The summed E-state index contributed by atoms with van der Waals surface area (Å²) in [5.41, 5.74) is 14.3. The van der Waals surface area contributed by atoms with Crippen molar-refractivity contribution in [3.63, 3.8) is 0 Å². The summed E-state index contributed by atoms with van der Waals surface area (Å²) in [5, 5.41) is 8.02. The first kappa shape index (κ1) is 34.8. The van der Waals surface area contributed by atoms with Crippen LogP contribution in [-0.4, -0.2) is 22.6 Å². The Morgan fingerprint density at radius 2 is 1.02 bits per heavy atom. The predicted molar refractivity (Wildman–Crippen MR) is 244 cm³/mol. The summed E-state index contributed by atoms with van der Waals surface area (Å²) < 4.78 is 2.39. The fourth-order valence-electron chi connectivity index (χ4n) is 8.87. The number of aromatic nitrogens is 2. The molecule has 0 aliphatic heterocycles. The highest BCUT2D eigenvalue weighted by Crippen LogP contribution is 2.45. The molecule has 2 aromatic heterocycles. The van der Waals surface area contributed by atoms with Crippen LogP contribution < -0.4 is 4.90 Å². The van der Waals surface area contributed by atoms with Crippen molar-refractivity contribution in [1.82, 2.24) is 9.55 Å². The molecule has 8 aromatic carbocycles. The predicted octanol–water partition coefficient (Wildman–Crippen LogP) is 14.7. The van der Waals surface area contributed by atoms with Crippen molar-refractivity contribution in [2.24, 2.45) is 0 Å². The summed E-state index contributed by atoms with van der Waals surface area (Å²) in [6.07, 6.45) is 3.90. The van der Waals surface area contributed by atoms with E-state index in [1.165, 1.54) is 77.1 Å². The molecular formula is C53H40ClN3. The molecule has 274 valence electrons. The summed E-state index contributed by atoms with van der Waals surface area (Å²) in [6.45, 7) is 6.29. The van der Waals surface area contributed by atoms with Crippen LogP contribution in [0.2, 0.25) is 5.02 Å². The monoisotopic (exact) mass is 753 g/mol. The number of anilines is 1. The molecule has 0 bridgehead atoms. The number of hydrogen-bond acceptors (Lipinski definition) is 2. The normalized spacial score (nSPS) is 11.6. The third kappa shape index (κ3) is 5.94. The zero-order valence-electron chi connectivity index (χ0n) is 32.0. The van der Waals surface area contributed by atoms with Crippen molar-refractivity contribution >= 4 is 60.6 Å². The molecule has 57 heavy (non-hydrogen) atoms. The lowest BCUT2D eigenvalue weighted by atomic mass is 9.85. The van der Waals surface area contributed by atoms with Crippen LogP contribution in [0.3, 0.4) is 0 Å². The number of nitrogens with zero attached hydrogens (tertiary/aromatic N) is 3. The van der Waals surface area contributed by atoms with E-state index >= 15 is 0 Å². The van der Waals surface area contributed by atoms with E-state index in [1.54, 1.807) is 0 Å². The number of benzene rings is 8. The van der Waals surface area contributed by atoms with Gasteiger partial charge in [0.1, 0.15) is 0 Å². The second-order valence-electron chi connectivity index (χ2n) is 14.6. The highest BCUT2D eigenvalue weighted by molar-refractivity contribution is 6.30. The lowest BCUT2D eigenvalue weighted by molar-refractivity contribution is 0.866. The minimum atomic E-state index is 0.741. The molecule has 0 radical (unpaired) electrons. The maximum atomic E-state index is 6.33. The first-order valence-electron chi connectivity index (χ1n) is 19.7. The van der Waals surface area contributed by atoms with Gasteiger partial charge in [0.05, 0.1) is 11.0 Å². The summed E-state index contributed by atoms with van der Waals surface area (Å²) in [6, 6.07) is 61.5. The fraction of sp³-hybridized carbons (Fsp3) is 0.0755. The van der Waals surface area contributed by atoms with E-state index in [2.05, 4.69) is 186 Å². The number of hydrogen-bond donors (Lipinski definition) is 0. The summed E-state index contributed by atoms with van der Waals surface area (Å²) in [4.78, 5) is 7.02. The molecule has 0 fully saturated rings. The van der Waals surface area contributed by atoms with Crippen molar-refractivity contribution in [3.05, 3.63) is 187 Å². The molecule has 0 saturated heterocycles. The molecule has 0 unspecified atom stereocenters. The molecule has 0 aliphatic carbocycles. The van der Waals surface area contributed by atoms with E-state index in [0.717, 1.165) is 40.3 Å². The van der Waals surface area contributed by atoms with Gasteiger partial charge in [0, 0.05) is 58.2 Å². The smallest absolute Gasteiger partial charge is 0.0571 e. The van der Waals surface area contributed by atoms with Crippen molar-refractivity contribution in [3.8, 4) is 50.2 Å². The van der Waals surface area contributed by atoms with E-state index in [9.17, 15) is 0 Å². The van der Waals surface area contributed by atoms with Crippen LogP contribution in [-0.2, 0) is 0 Å². The van der Waals surface area contributed by atoms with E-state index in [-0.39, 0.29) is 0 Å². The number of pyridine rings is 1. The van der Waals surface area contributed by atoms with Gasteiger partial charge >= 0.3 is 0 Å². The Morgan fingerprint density at radius 3 is 1.63 bits per heavy atom. The highest BCUT2D eigenvalue weighted by Gasteiger charge is 2.19. The molecule has 0 atom stereocenters. The van der Waals surface area contributed by atoms with Gasteiger partial charge in [-0.05, 0) is 117 Å². The van der Waals surface area contributed by atoms with Crippen LogP contribution in [0.15, 0.2) is 182 Å². The molecule has 0 N–H and O–H groups in total. The number of rotatable bonds is 8. The van der Waals surface area contributed by atoms with Gasteiger partial charge in [-0.15, -0.1) is 0 Å². The number of halogens is 1. The Morgan fingerprint density at radius 1 is 0.474 bits per heavy atom. The van der Waals surface area contributed by atoms with Gasteiger partial charge in [0.15, 0.2) is 0 Å². The van der Waals surface area contributed by atoms with E-state index in [0.29, 0.717) is 0 Å². The van der Waals surface area contributed by atoms with Crippen molar-refractivity contribution in [2.75, 3.05) is 18.0 Å². The SMILES string of the molecule is CCN(CC)c1cc(-n2c3ccncc3c3cc(-c4ccccc4)ccc32)ccc1-c1ccc(-c2c3ccccc3c(-c3ccc(Cl)cc3)c3ccccc23)cc1. The van der Waals surface area contributed by atoms with E-state index in [1.807, 2.05) is 24.5 Å². The van der Waals surface area contributed by atoms with E-state index < -0.39 is 0 Å². The van der Waals surface area contributed by atoms with Gasteiger partial charge in [-0.25, -0.2) is 0 Å². The second-order valence-corrected chi connectivity index (χ2v) is 15.1. The molecule has 10 rings (SSSR count). The van der Waals surface area contributed by atoms with Crippen molar-refractivity contribution < 1.29 is 0 Å².